The highest BCUT2D eigenvalue weighted by Crippen LogP contribution is 2.37. The first-order valence-electron chi connectivity index (χ1n) is 17.0. The number of ether oxygens (including phenoxy) is 1. The van der Waals surface area contributed by atoms with E-state index in [9.17, 15) is 14.4 Å². The minimum Gasteiger partial charge on any atom is -0.487 e. The molecule has 1 heterocycles. The van der Waals surface area contributed by atoms with Crippen molar-refractivity contribution in [2.45, 2.75) is 19.6 Å². The zero-order valence-corrected chi connectivity index (χ0v) is 33.2. The van der Waals surface area contributed by atoms with Gasteiger partial charge in [-0.2, -0.15) is 4.99 Å². The first-order valence-corrected chi connectivity index (χ1v) is 19.6. The Labute approximate surface area is 335 Å². The number of carbonyl (C=O) groups is 3. The molecule has 0 spiro atoms. The van der Waals surface area contributed by atoms with Crippen molar-refractivity contribution < 1.29 is 19.1 Å². The molecule has 0 saturated heterocycles. The Hall–Kier alpha value is -5.29. The van der Waals surface area contributed by atoms with Gasteiger partial charge in [0.2, 0.25) is 5.91 Å². The number of fused-ring (bicyclic) bond motifs is 1. The number of rotatable bonds is 12. The molecule has 3 amide bonds. The van der Waals surface area contributed by atoms with Crippen molar-refractivity contribution in [3.8, 4) is 5.75 Å². The molecule has 0 fully saturated rings. The highest BCUT2D eigenvalue weighted by atomic mass is 79.9. The molecule has 0 aromatic heterocycles. The highest BCUT2D eigenvalue weighted by molar-refractivity contribution is 9.11. The van der Waals surface area contributed by atoms with E-state index in [4.69, 9.17) is 4.74 Å². The van der Waals surface area contributed by atoms with E-state index < -0.39 is 17.9 Å². The molecule has 54 heavy (non-hydrogen) atoms. The molecule has 10 heteroatoms. The molecular weight excluding hydrogens is 826 g/mol. The van der Waals surface area contributed by atoms with Crippen molar-refractivity contribution in [1.82, 2.24) is 10.2 Å². The van der Waals surface area contributed by atoms with Gasteiger partial charge in [0.1, 0.15) is 17.9 Å². The van der Waals surface area contributed by atoms with Gasteiger partial charge in [0.05, 0.1) is 20.7 Å². The van der Waals surface area contributed by atoms with E-state index >= 15 is 0 Å². The molecule has 0 radical (unpaired) electrons. The number of hydrogen-bond acceptors (Lipinski definition) is 5. The predicted octanol–water partition coefficient (Wildman–Crippen LogP) is 10.3. The van der Waals surface area contributed by atoms with Crippen LogP contribution in [0.1, 0.15) is 35.2 Å². The number of allylic oxidation sites excluding steroid dienone is 4. The highest BCUT2D eigenvalue weighted by Gasteiger charge is 2.35. The number of amides is 3. The average molecular weight is 862 g/mol. The fourth-order valence-corrected chi connectivity index (χ4v) is 8.19. The average Bonchev–Trinajstić information content (AvgIpc) is 3.19. The van der Waals surface area contributed by atoms with Crippen LogP contribution in [0.25, 0.3) is 16.8 Å². The quantitative estimate of drug-likeness (QED) is 0.0767. The molecule has 1 aliphatic heterocycles. The van der Waals surface area contributed by atoms with Crippen molar-refractivity contribution >= 4 is 83.4 Å². The molecule has 7 nitrogen and oxygen atoms in total. The van der Waals surface area contributed by atoms with E-state index in [-0.39, 0.29) is 22.4 Å². The van der Waals surface area contributed by atoms with Crippen LogP contribution in [0.2, 0.25) is 0 Å². The van der Waals surface area contributed by atoms with Crippen LogP contribution < -0.4 is 10.1 Å². The van der Waals surface area contributed by atoms with Crippen LogP contribution in [0, 0.1) is 0 Å². The molecule has 1 N–H and O–H groups in total. The normalized spacial score (nSPS) is 14.2. The lowest BCUT2D eigenvalue weighted by molar-refractivity contribution is -0.126. The van der Waals surface area contributed by atoms with Crippen LogP contribution in [-0.4, -0.2) is 33.5 Å². The number of benzene rings is 5. The van der Waals surface area contributed by atoms with E-state index in [0.717, 1.165) is 39.2 Å². The van der Waals surface area contributed by atoms with Gasteiger partial charge >= 0.3 is 0 Å². The molecule has 0 unspecified atom stereocenters. The maximum atomic E-state index is 14.2. The van der Waals surface area contributed by atoms with Crippen LogP contribution in [0.3, 0.4) is 0 Å². The summed E-state index contributed by atoms with van der Waals surface area (Å²) < 4.78 is 7.51. The second kappa shape index (κ2) is 18.2. The summed E-state index contributed by atoms with van der Waals surface area (Å²) in [6.07, 6.45) is 8.21. The first kappa shape index (κ1) is 38.4. The Morgan fingerprint density at radius 3 is 2.19 bits per heavy atom. The van der Waals surface area contributed by atoms with Crippen molar-refractivity contribution in [2.24, 2.45) is 4.99 Å². The summed E-state index contributed by atoms with van der Waals surface area (Å²) in [5, 5.41) is 5.44. The van der Waals surface area contributed by atoms with Crippen molar-refractivity contribution in [1.29, 1.82) is 0 Å². The standard InChI is InChI=1S/C44H35Br2N3O4S/c1-3-5-22-34(4-2)49-43(52)36(24-29-25-37(45)41(38(46)26-29)53-27-33-21-14-20-30-15-12-13-23-35(30)33)42(51)48-44(49)54-28-39(50)47-40(31-16-8-6-9-17-31)32-18-10-7-11-19-32/h3-26,40H,1,27-28H2,2H3,(H,47,50)/b22-5-,34-4+,36-24+. The van der Waals surface area contributed by atoms with Crippen LogP contribution in [-0.2, 0) is 21.0 Å². The summed E-state index contributed by atoms with van der Waals surface area (Å²) >= 11 is 8.25. The van der Waals surface area contributed by atoms with Gasteiger partial charge in [0.15, 0.2) is 5.17 Å². The molecule has 5 aromatic carbocycles. The molecular formula is C44H35Br2N3O4S. The maximum absolute atomic E-state index is 14.2. The Morgan fingerprint density at radius 2 is 1.54 bits per heavy atom. The first-order chi connectivity index (χ1) is 26.3. The molecule has 0 saturated carbocycles. The van der Waals surface area contributed by atoms with Crippen LogP contribution in [0.15, 0.2) is 171 Å². The number of halogens is 2. The van der Waals surface area contributed by atoms with E-state index in [1.807, 2.05) is 84.9 Å². The minimum absolute atomic E-state index is 0.0899. The van der Waals surface area contributed by atoms with E-state index in [2.05, 4.69) is 66.9 Å². The van der Waals surface area contributed by atoms with Gasteiger partial charge in [-0.15, -0.1) is 0 Å². The molecule has 1 aliphatic rings. The van der Waals surface area contributed by atoms with Crippen LogP contribution >= 0.6 is 43.6 Å². The number of nitrogens with zero attached hydrogens (tertiary/aromatic N) is 2. The zero-order chi connectivity index (χ0) is 38.0. The van der Waals surface area contributed by atoms with Crippen molar-refractivity contribution in [3.05, 3.63) is 189 Å². The number of nitrogens with one attached hydrogen (secondary N) is 1. The summed E-state index contributed by atoms with van der Waals surface area (Å²) in [6, 6.07) is 36.8. The van der Waals surface area contributed by atoms with Crippen molar-refractivity contribution in [3.63, 3.8) is 0 Å². The lowest BCUT2D eigenvalue weighted by Gasteiger charge is -2.28. The van der Waals surface area contributed by atoms with Gasteiger partial charge < -0.3 is 10.1 Å². The third kappa shape index (κ3) is 9.07. The van der Waals surface area contributed by atoms with Gasteiger partial charge in [0, 0.05) is 5.70 Å². The smallest absolute Gasteiger partial charge is 0.285 e. The largest absolute Gasteiger partial charge is 0.487 e. The molecule has 0 bridgehead atoms. The summed E-state index contributed by atoms with van der Waals surface area (Å²) in [6.45, 7) is 5.86. The Kier molecular flexibility index (Phi) is 12.9. The lowest BCUT2D eigenvalue weighted by Crippen LogP contribution is -2.42. The van der Waals surface area contributed by atoms with Crippen molar-refractivity contribution in [2.75, 3.05) is 5.75 Å². The Bertz CT molecular complexity index is 2270. The molecule has 6 rings (SSSR count). The monoisotopic (exact) mass is 859 g/mol. The lowest BCUT2D eigenvalue weighted by atomic mass is 9.99. The van der Waals surface area contributed by atoms with E-state index in [1.165, 1.54) is 11.0 Å². The Balaban J connectivity index is 1.24. The zero-order valence-electron chi connectivity index (χ0n) is 29.2. The van der Waals surface area contributed by atoms with Gasteiger partial charge in [-0.25, -0.2) is 0 Å². The minimum atomic E-state index is -0.711. The second-order valence-corrected chi connectivity index (χ2v) is 14.7. The molecule has 0 aliphatic carbocycles. The van der Waals surface area contributed by atoms with Crippen LogP contribution in [0.4, 0.5) is 0 Å². The number of aliphatic imine (C=N–C) groups is 1. The molecule has 270 valence electrons. The third-order valence-electron chi connectivity index (χ3n) is 8.50. The number of hydrogen-bond donors (Lipinski definition) is 1. The van der Waals surface area contributed by atoms with E-state index in [0.29, 0.717) is 32.6 Å². The Morgan fingerprint density at radius 1 is 0.907 bits per heavy atom. The predicted molar refractivity (Wildman–Crippen MR) is 226 cm³/mol. The summed E-state index contributed by atoms with van der Waals surface area (Å²) in [4.78, 5) is 46.9. The van der Waals surface area contributed by atoms with E-state index in [1.54, 1.807) is 43.4 Å². The summed E-state index contributed by atoms with van der Waals surface area (Å²) in [7, 11) is 0. The fourth-order valence-electron chi connectivity index (χ4n) is 5.93. The molecule has 0 atom stereocenters. The van der Waals surface area contributed by atoms with Gasteiger partial charge in [-0.3, -0.25) is 19.3 Å². The van der Waals surface area contributed by atoms with Gasteiger partial charge in [0.25, 0.3) is 11.8 Å². The van der Waals surface area contributed by atoms with Crippen LogP contribution in [0.5, 0.6) is 5.75 Å². The second-order valence-electron chi connectivity index (χ2n) is 12.1. The summed E-state index contributed by atoms with van der Waals surface area (Å²) in [5.41, 5.74) is 3.80. The van der Waals surface area contributed by atoms with Gasteiger partial charge in [-0.1, -0.05) is 140 Å². The SMILES string of the molecule is C=C/C=C\C(=C/C)N1C(=O)/C(=C/c2cc(Br)c(OCc3cccc4ccccc34)c(Br)c2)C(=O)N=C1SCC(=O)NC(c1ccccc1)c1ccccc1. The molecule has 5 aromatic rings. The van der Waals surface area contributed by atoms with Gasteiger partial charge in [-0.05, 0) is 96.1 Å². The number of amidine groups is 1. The fraction of sp³-hybridized carbons (Fsp3) is 0.0909. The number of thioether (sulfide) groups is 1. The summed E-state index contributed by atoms with van der Waals surface area (Å²) in [5.74, 6) is -1.09. The number of carbonyl (C=O) groups excluding carboxylic acids is 3. The third-order valence-corrected chi connectivity index (χ3v) is 10.6. The maximum Gasteiger partial charge on any atom is 0.285 e. The topological polar surface area (TPSA) is 88.1 Å².